The normalized spacial score (nSPS) is 12.4. The van der Waals surface area contributed by atoms with Gasteiger partial charge in [-0.2, -0.15) is 0 Å². The zero-order valence-electron chi connectivity index (χ0n) is 19.1. The highest BCUT2D eigenvalue weighted by Gasteiger charge is 2.29. The molecule has 0 spiro atoms. The van der Waals surface area contributed by atoms with Gasteiger partial charge in [0.25, 0.3) is 0 Å². The predicted octanol–water partition coefficient (Wildman–Crippen LogP) is 5.41. The number of amides is 1. The maximum absolute atomic E-state index is 13.0. The number of hydrogen-bond acceptors (Lipinski definition) is 5. The first kappa shape index (κ1) is 24.0. The van der Waals surface area contributed by atoms with Crippen molar-refractivity contribution in [2.75, 3.05) is 5.32 Å². The number of nitrogens with zero attached hydrogens (tertiary/aromatic N) is 2. The van der Waals surface area contributed by atoms with Crippen LogP contribution < -0.4 is 5.32 Å². The number of carbonyl (C=O) groups excluding carboxylic acids is 2. The molecule has 7 heteroatoms. The molecule has 0 fully saturated rings. The fraction of sp³-hybridized carbons (Fsp3) is 0.762. The fourth-order valence-electron chi connectivity index (χ4n) is 2.58. The number of nitrogens with one attached hydrogen (secondary N) is 1. The summed E-state index contributed by atoms with van der Waals surface area (Å²) in [6.45, 7) is 19.0. The van der Waals surface area contributed by atoms with Crippen LogP contribution in [0.2, 0.25) is 0 Å². The lowest BCUT2D eigenvalue weighted by molar-refractivity contribution is 0.0534. The summed E-state index contributed by atoms with van der Waals surface area (Å²) in [5.41, 5.74) is -0.667. The molecular formula is C21H37N3O4. The number of aromatic nitrogens is 2. The van der Waals surface area contributed by atoms with Crippen molar-refractivity contribution < 1.29 is 19.1 Å². The maximum Gasteiger partial charge on any atom is 0.421 e. The lowest BCUT2D eigenvalue weighted by Crippen LogP contribution is -2.32. The van der Waals surface area contributed by atoms with Crippen LogP contribution >= 0.6 is 0 Å². The van der Waals surface area contributed by atoms with Crippen LogP contribution in [-0.4, -0.2) is 32.9 Å². The molecule has 28 heavy (non-hydrogen) atoms. The van der Waals surface area contributed by atoms with Gasteiger partial charge in [-0.25, -0.2) is 19.1 Å². The van der Waals surface area contributed by atoms with E-state index in [2.05, 4.69) is 38.0 Å². The monoisotopic (exact) mass is 395 g/mol. The van der Waals surface area contributed by atoms with E-state index in [4.69, 9.17) is 9.47 Å². The van der Waals surface area contributed by atoms with Gasteiger partial charge in [-0.15, -0.1) is 0 Å². The number of rotatable bonds is 5. The molecule has 0 radical (unpaired) electrons. The summed E-state index contributed by atoms with van der Waals surface area (Å²) >= 11 is 0. The van der Waals surface area contributed by atoms with E-state index in [-0.39, 0.29) is 5.92 Å². The Morgan fingerprint density at radius 3 is 1.86 bits per heavy atom. The first-order valence-corrected chi connectivity index (χ1v) is 9.93. The summed E-state index contributed by atoms with van der Waals surface area (Å²) in [6.07, 6.45) is 0.0156. The second-order valence-corrected chi connectivity index (χ2v) is 9.96. The van der Waals surface area contributed by atoms with Gasteiger partial charge in [0.15, 0.2) is 0 Å². The van der Waals surface area contributed by atoms with Crippen LogP contribution in [0, 0.1) is 11.8 Å². The average Bonchev–Trinajstić information content (AvgIpc) is 2.70. The summed E-state index contributed by atoms with van der Waals surface area (Å²) in [5.74, 6) is 1.48. The Morgan fingerprint density at radius 1 is 0.929 bits per heavy atom. The molecule has 1 aromatic heterocycles. The highest BCUT2D eigenvalue weighted by atomic mass is 16.6. The smallest absolute Gasteiger partial charge is 0.421 e. The molecule has 1 aromatic rings. The molecule has 0 bridgehead atoms. The molecule has 160 valence electrons. The van der Waals surface area contributed by atoms with Gasteiger partial charge in [0.2, 0.25) is 0 Å². The second kappa shape index (κ2) is 8.97. The van der Waals surface area contributed by atoms with Gasteiger partial charge in [0.05, 0.1) is 5.69 Å². The quantitative estimate of drug-likeness (QED) is 0.721. The molecule has 1 amide bonds. The Kier molecular flexibility index (Phi) is 7.68. The van der Waals surface area contributed by atoms with Crippen LogP contribution in [0.4, 0.5) is 15.4 Å². The van der Waals surface area contributed by atoms with Gasteiger partial charge in [-0.3, -0.25) is 5.32 Å². The van der Waals surface area contributed by atoms with E-state index >= 15 is 0 Å². The number of carbonyl (C=O) groups is 2. The average molecular weight is 396 g/mol. The zero-order chi connectivity index (χ0) is 21.9. The number of anilines is 1. The minimum atomic E-state index is -0.669. The van der Waals surface area contributed by atoms with Crippen molar-refractivity contribution in [3.8, 4) is 0 Å². The molecule has 0 aliphatic heterocycles. The van der Waals surface area contributed by atoms with Crippen molar-refractivity contribution in [2.24, 2.45) is 11.8 Å². The van der Waals surface area contributed by atoms with Crippen molar-refractivity contribution in [1.82, 2.24) is 9.55 Å². The Balaban J connectivity index is 3.45. The molecule has 1 rings (SSSR count). The molecule has 7 nitrogen and oxygen atoms in total. The third kappa shape index (κ3) is 7.90. The van der Waals surface area contributed by atoms with E-state index in [1.54, 1.807) is 41.5 Å². The predicted molar refractivity (Wildman–Crippen MR) is 111 cm³/mol. The second-order valence-electron chi connectivity index (χ2n) is 9.96. The first-order valence-electron chi connectivity index (χ1n) is 9.93. The molecule has 0 saturated carbocycles. The van der Waals surface area contributed by atoms with E-state index in [9.17, 15) is 9.59 Å². The number of hydrogen-bond donors (Lipinski definition) is 1. The van der Waals surface area contributed by atoms with Crippen LogP contribution in [0.3, 0.4) is 0 Å². The van der Waals surface area contributed by atoms with Gasteiger partial charge in [0.1, 0.15) is 22.8 Å². The van der Waals surface area contributed by atoms with Crippen molar-refractivity contribution in [2.45, 2.75) is 93.3 Å². The van der Waals surface area contributed by atoms with Crippen LogP contribution in [0.15, 0.2) is 0 Å². The number of imidazole rings is 1. The van der Waals surface area contributed by atoms with Gasteiger partial charge in [0, 0.05) is 6.42 Å². The third-order valence-corrected chi connectivity index (χ3v) is 3.41. The molecule has 0 unspecified atom stereocenters. The molecule has 1 heterocycles. The van der Waals surface area contributed by atoms with E-state index in [1.165, 1.54) is 4.57 Å². The lowest BCUT2D eigenvalue weighted by atomic mass is 10.1. The molecule has 0 aliphatic rings. The van der Waals surface area contributed by atoms with Crippen LogP contribution in [0.25, 0.3) is 0 Å². The van der Waals surface area contributed by atoms with E-state index in [0.29, 0.717) is 36.1 Å². The topological polar surface area (TPSA) is 82.5 Å². The minimum absolute atomic E-state index is 0.282. The van der Waals surface area contributed by atoms with Crippen molar-refractivity contribution in [3.05, 3.63) is 11.5 Å². The molecule has 0 aromatic carbocycles. The summed E-state index contributed by atoms with van der Waals surface area (Å²) in [5, 5.41) is 2.74. The van der Waals surface area contributed by atoms with E-state index in [1.807, 2.05) is 0 Å². The SMILES string of the molecule is CC(C)Cc1nc(CC(C)C)n(C(=O)OC(C)(C)C)c1NC(=O)OC(C)(C)C. The van der Waals surface area contributed by atoms with Gasteiger partial charge < -0.3 is 9.47 Å². The standard InChI is InChI=1S/C21H37N3O4/c1-13(2)11-15-17(23-18(25)27-20(5,6)7)24(16(22-15)12-14(3)4)19(26)28-21(8,9)10/h13-14H,11-12H2,1-10H3,(H,23,25). The highest BCUT2D eigenvalue weighted by molar-refractivity contribution is 5.88. The van der Waals surface area contributed by atoms with Gasteiger partial charge >= 0.3 is 12.2 Å². The Hall–Kier alpha value is -2.05. The Labute approximate surface area is 169 Å². The summed E-state index contributed by atoms with van der Waals surface area (Å²) in [4.78, 5) is 30.1. The van der Waals surface area contributed by atoms with Crippen LogP contribution in [0.5, 0.6) is 0 Å². The Bertz CT molecular complexity index is 692. The maximum atomic E-state index is 13.0. The van der Waals surface area contributed by atoms with Gasteiger partial charge in [-0.05, 0) is 59.8 Å². The van der Waals surface area contributed by atoms with E-state index in [0.717, 1.165) is 0 Å². The third-order valence-electron chi connectivity index (χ3n) is 3.41. The summed E-state index contributed by atoms with van der Waals surface area (Å²) in [7, 11) is 0. The molecular weight excluding hydrogens is 358 g/mol. The van der Waals surface area contributed by atoms with Crippen molar-refractivity contribution >= 4 is 18.0 Å². The highest BCUT2D eigenvalue weighted by Crippen LogP contribution is 2.25. The van der Waals surface area contributed by atoms with Crippen LogP contribution in [-0.2, 0) is 22.3 Å². The van der Waals surface area contributed by atoms with Crippen LogP contribution in [0.1, 0.15) is 80.8 Å². The zero-order valence-corrected chi connectivity index (χ0v) is 19.1. The van der Waals surface area contributed by atoms with Crippen molar-refractivity contribution in [1.29, 1.82) is 0 Å². The molecule has 1 N–H and O–H groups in total. The minimum Gasteiger partial charge on any atom is -0.444 e. The number of ether oxygens (including phenoxy) is 2. The largest absolute Gasteiger partial charge is 0.444 e. The summed E-state index contributed by atoms with van der Waals surface area (Å²) in [6, 6.07) is 0. The molecule has 0 atom stereocenters. The molecule has 0 aliphatic carbocycles. The van der Waals surface area contributed by atoms with Gasteiger partial charge in [-0.1, -0.05) is 27.7 Å². The fourth-order valence-corrected chi connectivity index (χ4v) is 2.58. The summed E-state index contributed by atoms with van der Waals surface area (Å²) < 4.78 is 12.3. The van der Waals surface area contributed by atoms with Crippen molar-refractivity contribution in [3.63, 3.8) is 0 Å². The molecule has 0 saturated heterocycles. The van der Waals surface area contributed by atoms with E-state index < -0.39 is 23.4 Å². The lowest BCUT2D eigenvalue weighted by Gasteiger charge is -2.23. The first-order chi connectivity index (χ1) is 12.6. The Morgan fingerprint density at radius 2 is 1.43 bits per heavy atom.